The van der Waals surface area contributed by atoms with Crippen molar-refractivity contribution >= 4 is 34.9 Å². The van der Waals surface area contributed by atoms with Crippen LogP contribution in [-0.2, 0) is 0 Å². The fourth-order valence-electron chi connectivity index (χ4n) is 3.83. The summed E-state index contributed by atoms with van der Waals surface area (Å²) in [5, 5.41) is 6.88. The Morgan fingerprint density at radius 2 is 1.77 bits per heavy atom. The van der Waals surface area contributed by atoms with Crippen LogP contribution in [0.5, 0.6) is 0 Å². The normalized spacial score (nSPS) is 21.2. The van der Waals surface area contributed by atoms with Crippen LogP contribution < -0.4 is 20.4 Å². The summed E-state index contributed by atoms with van der Waals surface area (Å²) >= 11 is 5.35. The average molecular weight is 377 g/mol. The highest BCUT2D eigenvalue weighted by atomic mass is 32.1. The number of hydrogen-bond donors (Lipinski definition) is 2. The molecule has 1 aromatic heterocycles. The summed E-state index contributed by atoms with van der Waals surface area (Å²) in [5.41, 5.74) is 0. The molecule has 0 bridgehead atoms. The number of piperidine rings is 1. The summed E-state index contributed by atoms with van der Waals surface area (Å²) in [6, 6.07) is 2.69. The molecule has 144 valence electrons. The molecule has 7 heteroatoms. The van der Waals surface area contributed by atoms with Crippen molar-refractivity contribution in [1.29, 1.82) is 0 Å². The summed E-state index contributed by atoms with van der Waals surface area (Å²) in [6.07, 6.45) is 8.85. The van der Waals surface area contributed by atoms with Gasteiger partial charge in [0.15, 0.2) is 5.11 Å². The van der Waals surface area contributed by atoms with Crippen LogP contribution in [0.25, 0.3) is 0 Å². The van der Waals surface area contributed by atoms with Crippen LogP contribution >= 0.6 is 12.2 Å². The zero-order chi connectivity index (χ0) is 18.4. The Morgan fingerprint density at radius 1 is 1.08 bits per heavy atom. The van der Waals surface area contributed by atoms with E-state index in [1.165, 1.54) is 44.9 Å². The second-order valence-corrected chi connectivity index (χ2v) is 7.74. The summed E-state index contributed by atoms with van der Waals surface area (Å²) in [5.74, 6) is 2.65. The van der Waals surface area contributed by atoms with E-state index in [9.17, 15) is 0 Å². The fraction of sp³-hybridized carbons (Fsp3) is 0.737. The first-order valence-corrected chi connectivity index (χ1v) is 10.5. The minimum atomic E-state index is 0.518. The van der Waals surface area contributed by atoms with Crippen molar-refractivity contribution in [2.75, 3.05) is 41.3 Å². The molecule has 2 aliphatic rings. The van der Waals surface area contributed by atoms with Crippen molar-refractivity contribution < 1.29 is 0 Å². The van der Waals surface area contributed by atoms with Crippen molar-refractivity contribution in [3.8, 4) is 0 Å². The van der Waals surface area contributed by atoms with E-state index in [1.807, 2.05) is 6.92 Å². The second-order valence-electron chi connectivity index (χ2n) is 7.33. The molecule has 2 fully saturated rings. The van der Waals surface area contributed by atoms with Crippen molar-refractivity contribution in [2.45, 2.75) is 64.8 Å². The van der Waals surface area contributed by atoms with Gasteiger partial charge in [0.2, 0.25) is 5.95 Å². The highest BCUT2D eigenvalue weighted by molar-refractivity contribution is 7.80. The first-order valence-electron chi connectivity index (χ1n) is 10.1. The Balaban J connectivity index is 1.88. The van der Waals surface area contributed by atoms with Crippen LogP contribution in [0.1, 0.15) is 58.8 Å². The topological polar surface area (TPSA) is 56.3 Å². The lowest BCUT2D eigenvalue weighted by molar-refractivity contribution is 0.481. The number of aromatic nitrogens is 2. The number of anilines is 3. The summed E-state index contributed by atoms with van der Waals surface area (Å²) in [7, 11) is 0. The van der Waals surface area contributed by atoms with Crippen LogP contribution in [-0.4, -0.2) is 47.3 Å². The molecule has 1 atom stereocenters. The minimum absolute atomic E-state index is 0.518. The predicted molar refractivity (Wildman–Crippen MR) is 113 cm³/mol. The SMILES string of the molecule is CCNC(=S)Nc1nc(N2CCCCCC2)cc(N2CCCC[C@H]2C)n1. The van der Waals surface area contributed by atoms with E-state index in [1.54, 1.807) is 0 Å². The summed E-state index contributed by atoms with van der Waals surface area (Å²) < 4.78 is 0. The van der Waals surface area contributed by atoms with Gasteiger partial charge >= 0.3 is 0 Å². The zero-order valence-corrected chi connectivity index (χ0v) is 16.9. The fourth-order valence-corrected chi connectivity index (χ4v) is 4.07. The van der Waals surface area contributed by atoms with E-state index < -0.39 is 0 Å². The Labute approximate surface area is 162 Å². The number of thiocarbonyl (C=S) groups is 1. The quantitative estimate of drug-likeness (QED) is 0.780. The van der Waals surface area contributed by atoms with Gasteiger partial charge in [-0.3, -0.25) is 0 Å². The van der Waals surface area contributed by atoms with Crippen LogP contribution in [0.15, 0.2) is 6.07 Å². The molecule has 0 amide bonds. The van der Waals surface area contributed by atoms with Crippen molar-refractivity contribution in [2.24, 2.45) is 0 Å². The van der Waals surface area contributed by atoms with Crippen LogP contribution in [0.2, 0.25) is 0 Å². The minimum Gasteiger partial charge on any atom is -0.363 e. The smallest absolute Gasteiger partial charge is 0.232 e. The van der Waals surface area contributed by atoms with Gasteiger partial charge in [0, 0.05) is 38.3 Å². The van der Waals surface area contributed by atoms with Gasteiger partial charge in [-0.25, -0.2) is 0 Å². The van der Waals surface area contributed by atoms with E-state index >= 15 is 0 Å². The van der Waals surface area contributed by atoms with Gasteiger partial charge in [-0.2, -0.15) is 9.97 Å². The van der Waals surface area contributed by atoms with Gasteiger partial charge in [-0.1, -0.05) is 12.8 Å². The molecule has 26 heavy (non-hydrogen) atoms. The van der Waals surface area contributed by atoms with E-state index in [4.69, 9.17) is 22.2 Å². The third kappa shape index (κ3) is 4.96. The van der Waals surface area contributed by atoms with Crippen LogP contribution in [0.3, 0.4) is 0 Å². The van der Waals surface area contributed by atoms with Crippen molar-refractivity contribution in [3.05, 3.63) is 6.07 Å². The first kappa shape index (κ1) is 19.1. The third-order valence-electron chi connectivity index (χ3n) is 5.29. The molecule has 6 nitrogen and oxygen atoms in total. The number of nitrogens with one attached hydrogen (secondary N) is 2. The van der Waals surface area contributed by atoms with Gasteiger partial charge in [0.05, 0.1) is 0 Å². The molecule has 0 radical (unpaired) electrons. The standard InChI is InChI=1S/C19H32N6S/c1-3-20-19(26)23-18-21-16(24-11-7-4-5-8-12-24)14-17(22-18)25-13-9-6-10-15(25)2/h14-15H,3-13H2,1-2H3,(H2,20,21,22,23,26)/t15-/m1/s1. The van der Waals surface area contributed by atoms with Gasteiger partial charge < -0.3 is 20.4 Å². The molecule has 3 rings (SSSR count). The maximum absolute atomic E-state index is 5.35. The molecule has 1 aromatic rings. The Kier molecular flexibility index (Phi) is 6.88. The lowest BCUT2D eigenvalue weighted by Crippen LogP contribution is -2.38. The van der Waals surface area contributed by atoms with E-state index in [2.05, 4.69) is 33.4 Å². The van der Waals surface area contributed by atoms with E-state index in [0.29, 0.717) is 17.1 Å². The predicted octanol–water partition coefficient (Wildman–Crippen LogP) is 3.54. The van der Waals surface area contributed by atoms with Crippen molar-refractivity contribution in [1.82, 2.24) is 15.3 Å². The number of hydrogen-bond acceptors (Lipinski definition) is 5. The molecule has 0 spiro atoms. The van der Waals surface area contributed by atoms with Gasteiger partial charge in [-0.15, -0.1) is 0 Å². The lowest BCUT2D eigenvalue weighted by Gasteiger charge is -2.35. The Bertz CT molecular complexity index is 600. The lowest BCUT2D eigenvalue weighted by atomic mass is 10.0. The van der Waals surface area contributed by atoms with E-state index in [0.717, 1.165) is 37.8 Å². The number of rotatable bonds is 4. The molecule has 0 saturated carbocycles. The molecule has 3 heterocycles. The van der Waals surface area contributed by atoms with Gasteiger partial charge in [0.1, 0.15) is 11.6 Å². The van der Waals surface area contributed by atoms with E-state index in [-0.39, 0.29) is 0 Å². The average Bonchev–Trinajstić information content (AvgIpc) is 2.91. The third-order valence-corrected chi connectivity index (χ3v) is 5.54. The second kappa shape index (κ2) is 9.35. The Hall–Kier alpha value is -1.63. The van der Waals surface area contributed by atoms with Gasteiger partial charge in [0.25, 0.3) is 0 Å². The highest BCUT2D eigenvalue weighted by Gasteiger charge is 2.22. The monoisotopic (exact) mass is 376 g/mol. The van der Waals surface area contributed by atoms with Gasteiger partial charge in [-0.05, 0) is 58.2 Å². The molecule has 2 N–H and O–H groups in total. The Morgan fingerprint density at radius 3 is 2.46 bits per heavy atom. The maximum Gasteiger partial charge on any atom is 0.232 e. The summed E-state index contributed by atoms with van der Waals surface area (Å²) in [6.45, 7) is 8.32. The molecule has 2 aliphatic heterocycles. The van der Waals surface area contributed by atoms with Crippen molar-refractivity contribution in [3.63, 3.8) is 0 Å². The van der Waals surface area contributed by atoms with Crippen LogP contribution in [0, 0.1) is 0 Å². The molecule has 0 aliphatic carbocycles. The molecular weight excluding hydrogens is 344 g/mol. The molecular formula is C19H32N6S. The van der Waals surface area contributed by atoms with Crippen LogP contribution in [0.4, 0.5) is 17.6 Å². The highest BCUT2D eigenvalue weighted by Crippen LogP contribution is 2.28. The summed E-state index contributed by atoms with van der Waals surface area (Å²) in [4.78, 5) is 14.4. The molecule has 2 saturated heterocycles. The largest absolute Gasteiger partial charge is 0.363 e. The molecule has 0 unspecified atom stereocenters. The molecule has 0 aromatic carbocycles. The number of nitrogens with zero attached hydrogens (tertiary/aromatic N) is 4. The first-order chi connectivity index (χ1) is 12.7. The zero-order valence-electron chi connectivity index (χ0n) is 16.1. The maximum atomic E-state index is 5.35.